The summed E-state index contributed by atoms with van der Waals surface area (Å²) < 4.78 is 30.9. The lowest BCUT2D eigenvalue weighted by Gasteiger charge is -2.31. The molecule has 1 aliphatic heterocycles. The topological polar surface area (TPSA) is 57.6 Å². The van der Waals surface area contributed by atoms with Crippen LogP contribution in [-0.4, -0.2) is 36.3 Å². The van der Waals surface area contributed by atoms with Crippen molar-refractivity contribution >= 4 is 10.1 Å². The van der Waals surface area contributed by atoms with Gasteiger partial charge in [-0.15, -0.1) is 0 Å². The minimum absolute atomic E-state index is 0.457. The van der Waals surface area contributed by atoms with Crippen LogP contribution in [0.1, 0.15) is 32.6 Å². The molecule has 0 aromatic rings. The first-order valence-electron chi connectivity index (χ1n) is 4.76. The molecule has 0 aromatic heterocycles. The SMILES string of the molecule is CCC(N1CCCCC1)S(=O)(=O)O. The van der Waals surface area contributed by atoms with Crippen LogP contribution in [0.25, 0.3) is 0 Å². The Morgan fingerprint density at radius 3 is 2.23 bits per heavy atom. The van der Waals surface area contributed by atoms with E-state index in [0.717, 1.165) is 25.9 Å². The summed E-state index contributed by atoms with van der Waals surface area (Å²) in [6.07, 6.45) is 3.69. The number of rotatable bonds is 3. The minimum Gasteiger partial charge on any atom is -0.285 e. The van der Waals surface area contributed by atoms with Crippen LogP contribution in [0.5, 0.6) is 0 Å². The molecule has 0 saturated carbocycles. The van der Waals surface area contributed by atoms with Crippen LogP contribution in [0.15, 0.2) is 0 Å². The Bertz CT molecular complexity index is 244. The first-order valence-corrected chi connectivity index (χ1v) is 6.26. The van der Waals surface area contributed by atoms with Crippen LogP contribution >= 0.6 is 0 Å². The predicted molar refractivity (Wildman–Crippen MR) is 51.1 cm³/mol. The van der Waals surface area contributed by atoms with E-state index in [1.54, 1.807) is 6.92 Å². The van der Waals surface area contributed by atoms with Crippen molar-refractivity contribution < 1.29 is 13.0 Å². The molecule has 0 amide bonds. The molecule has 1 fully saturated rings. The first-order chi connectivity index (χ1) is 6.05. The van der Waals surface area contributed by atoms with Crippen LogP contribution in [0.3, 0.4) is 0 Å². The molecule has 4 nitrogen and oxygen atoms in total. The van der Waals surface area contributed by atoms with E-state index in [1.165, 1.54) is 6.42 Å². The maximum Gasteiger partial charge on any atom is 0.281 e. The van der Waals surface area contributed by atoms with Crippen molar-refractivity contribution in [3.05, 3.63) is 0 Å². The molecule has 13 heavy (non-hydrogen) atoms. The smallest absolute Gasteiger partial charge is 0.281 e. The Labute approximate surface area is 79.7 Å². The molecule has 1 N–H and O–H groups in total. The summed E-state index contributed by atoms with van der Waals surface area (Å²) in [4.78, 5) is 1.86. The molecule has 0 radical (unpaired) electrons. The van der Waals surface area contributed by atoms with Gasteiger partial charge in [0.15, 0.2) is 0 Å². The van der Waals surface area contributed by atoms with E-state index in [2.05, 4.69) is 0 Å². The Balaban J connectivity index is 2.65. The fourth-order valence-electron chi connectivity index (χ4n) is 1.86. The third-order valence-electron chi connectivity index (χ3n) is 2.49. The number of nitrogens with zero attached hydrogens (tertiary/aromatic N) is 1. The van der Waals surface area contributed by atoms with Crippen LogP contribution in [0, 0.1) is 0 Å². The lowest BCUT2D eigenvalue weighted by atomic mass is 10.1. The Morgan fingerprint density at radius 1 is 1.31 bits per heavy atom. The molecular formula is C8H17NO3S. The van der Waals surface area contributed by atoms with Gasteiger partial charge in [-0.1, -0.05) is 13.3 Å². The zero-order valence-electron chi connectivity index (χ0n) is 7.94. The molecule has 1 heterocycles. The molecule has 0 aliphatic carbocycles. The minimum atomic E-state index is -3.89. The third-order valence-corrected chi connectivity index (χ3v) is 3.81. The van der Waals surface area contributed by atoms with E-state index in [1.807, 2.05) is 4.90 Å². The summed E-state index contributed by atoms with van der Waals surface area (Å²) in [5, 5.41) is -0.687. The number of likely N-dealkylation sites (tertiary alicyclic amines) is 1. The highest BCUT2D eigenvalue weighted by molar-refractivity contribution is 7.86. The monoisotopic (exact) mass is 207 g/mol. The quantitative estimate of drug-likeness (QED) is 0.704. The third kappa shape index (κ3) is 2.93. The van der Waals surface area contributed by atoms with Gasteiger partial charge in [0, 0.05) is 0 Å². The van der Waals surface area contributed by atoms with Gasteiger partial charge in [-0.25, -0.2) is 0 Å². The van der Waals surface area contributed by atoms with Gasteiger partial charge < -0.3 is 0 Å². The van der Waals surface area contributed by atoms with Gasteiger partial charge in [-0.2, -0.15) is 8.42 Å². The van der Waals surface area contributed by atoms with Crippen molar-refractivity contribution in [2.75, 3.05) is 13.1 Å². The summed E-state index contributed by atoms with van der Waals surface area (Å²) in [6.45, 7) is 3.36. The lowest BCUT2D eigenvalue weighted by molar-refractivity contribution is 0.195. The average molecular weight is 207 g/mol. The van der Waals surface area contributed by atoms with Gasteiger partial charge in [0.2, 0.25) is 0 Å². The maximum absolute atomic E-state index is 11.0. The van der Waals surface area contributed by atoms with E-state index < -0.39 is 15.5 Å². The zero-order chi connectivity index (χ0) is 9.90. The normalized spacial score (nSPS) is 22.9. The predicted octanol–water partition coefficient (Wildman–Crippen LogP) is 1.10. The molecule has 78 valence electrons. The molecule has 1 atom stereocenters. The fourth-order valence-corrected chi connectivity index (χ4v) is 2.87. The molecule has 1 aliphatic rings. The summed E-state index contributed by atoms with van der Waals surface area (Å²) in [6, 6.07) is 0. The van der Waals surface area contributed by atoms with E-state index in [0.29, 0.717) is 6.42 Å². The van der Waals surface area contributed by atoms with Crippen LogP contribution in [0.2, 0.25) is 0 Å². The maximum atomic E-state index is 11.0. The summed E-state index contributed by atoms with van der Waals surface area (Å²) in [7, 11) is -3.89. The fraction of sp³-hybridized carbons (Fsp3) is 1.00. The Morgan fingerprint density at radius 2 is 1.85 bits per heavy atom. The number of hydrogen-bond donors (Lipinski definition) is 1. The number of piperidine rings is 1. The number of hydrogen-bond acceptors (Lipinski definition) is 3. The van der Waals surface area contributed by atoms with Crippen molar-refractivity contribution in [2.24, 2.45) is 0 Å². The average Bonchev–Trinajstić information content (AvgIpc) is 2.05. The van der Waals surface area contributed by atoms with E-state index >= 15 is 0 Å². The van der Waals surface area contributed by atoms with Crippen LogP contribution in [-0.2, 0) is 10.1 Å². The molecule has 0 bridgehead atoms. The summed E-state index contributed by atoms with van der Waals surface area (Å²) in [5.74, 6) is 0. The van der Waals surface area contributed by atoms with E-state index in [4.69, 9.17) is 4.55 Å². The van der Waals surface area contributed by atoms with Gasteiger partial charge in [-0.3, -0.25) is 9.45 Å². The van der Waals surface area contributed by atoms with Crippen LogP contribution in [0.4, 0.5) is 0 Å². The first kappa shape index (κ1) is 10.9. The van der Waals surface area contributed by atoms with Gasteiger partial charge in [0.25, 0.3) is 10.1 Å². The molecule has 1 saturated heterocycles. The molecule has 1 rings (SSSR count). The molecule has 0 aromatic carbocycles. The van der Waals surface area contributed by atoms with Gasteiger partial charge in [0.05, 0.1) is 0 Å². The van der Waals surface area contributed by atoms with Crippen molar-refractivity contribution in [1.82, 2.24) is 4.90 Å². The standard InChI is InChI=1S/C8H17NO3S/c1-2-8(13(10,11)12)9-6-4-3-5-7-9/h8H,2-7H2,1H3,(H,10,11,12). The Hall–Kier alpha value is -0.130. The summed E-state index contributed by atoms with van der Waals surface area (Å²) in [5.41, 5.74) is 0. The second kappa shape index (κ2) is 4.39. The van der Waals surface area contributed by atoms with Crippen molar-refractivity contribution in [3.8, 4) is 0 Å². The van der Waals surface area contributed by atoms with Gasteiger partial charge >= 0.3 is 0 Å². The molecular weight excluding hydrogens is 190 g/mol. The highest BCUT2D eigenvalue weighted by Crippen LogP contribution is 2.17. The van der Waals surface area contributed by atoms with Crippen molar-refractivity contribution in [1.29, 1.82) is 0 Å². The second-order valence-electron chi connectivity index (χ2n) is 3.47. The van der Waals surface area contributed by atoms with Gasteiger partial charge in [0.1, 0.15) is 5.37 Å². The van der Waals surface area contributed by atoms with E-state index in [9.17, 15) is 8.42 Å². The van der Waals surface area contributed by atoms with Crippen molar-refractivity contribution in [3.63, 3.8) is 0 Å². The van der Waals surface area contributed by atoms with Gasteiger partial charge in [-0.05, 0) is 32.4 Å². The Kier molecular flexibility index (Phi) is 3.70. The zero-order valence-corrected chi connectivity index (χ0v) is 8.76. The largest absolute Gasteiger partial charge is 0.285 e. The van der Waals surface area contributed by atoms with Crippen molar-refractivity contribution in [2.45, 2.75) is 38.0 Å². The molecule has 5 heteroatoms. The second-order valence-corrected chi connectivity index (χ2v) is 5.05. The van der Waals surface area contributed by atoms with E-state index in [-0.39, 0.29) is 0 Å². The van der Waals surface area contributed by atoms with Crippen LogP contribution < -0.4 is 0 Å². The lowest BCUT2D eigenvalue weighted by Crippen LogP contribution is -2.43. The highest BCUT2D eigenvalue weighted by Gasteiger charge is 2.28. The highest BCUT2D eigenvalue weighted by atomic mass is 32.2. The summed E-state index contributed by atoms with van der Waals surface area (Å²) >= 11 is 0. The molecule has 0 spiro atoms. The molecule has 1 unspecified atom stereocenters.